The van der Waals surface area contributed by atoms with E-state index >= 15 is 0 Å². The van der Waals surface area contributed by atoms with Crippen molar-refractivity contribution in [2.45, 2.75) is 19.9 Å². The molecule has 3 rings (SSSR count). The molecule has 1 unspecified atom stereocenters. The van der Waals surface area contributed by atoms with E-state index in [-0.39, 0.29) is 29.1 Å². The summed E-state index contributed by atoms with van der Waals surface area (Å²) < 4.78 is 37.6. The third-order valence-electron chi connectivity index (χ3n) is 3.83. The lowest BCUT2D eigenvalue weighted by molar-refractivity contribution is 0.414. The van der Waals surface area contributed by atoms with Crippen molar-refractivity contribution in [2.24, 2.45) is 5.92 Å². The molecule has 126 valence electrons. The van der Waals surface area contributed by atoms with Crippen LogP contribution >= 0.6 is 0 Å². The van der Waals surface area contributed by atoms with E-state index in [1.807, 2.05) is 38.1 Å². The van der Waals surface area contributed by atoms with Crippen molar-refractivity contribution < 1.29 is 17.9 Å². The van der Waals surface area contributed by atoms with Gasteiger partial charge in [-0.1, -0.05) is 26.0 Å². The number of halogens is 2. The van der Waals surface area contributed by atoms with Gasteiger partial charge in [-0.3, -0.25) is 0 Å². The average Bonchev–Trinajstić information content (AvgIpc) is 2.95. The lowest BCUT2D eigenvalue weighted by Gasteiger charge is -2.22. The molecule has 1 N–H and O–H groups in total. The lowest BCUT2D eigenvalue weighted by Crippen LogP contribution is -2.16. The predicted molar refractivity (Wildman–Crippen MR) is 88.1 cm³/mol. The van der Waals surface area contributed by atoms with Crippen LogP contribution in [0, 0.1) is 17.6 Å². The number of nitrogens with one attached hydrogen (secondary N) is 1. The Hall–Kier alpha value is -2.63. The van der Waals surface area contributed by atoms with Crippen LogP contribution in [0.5, 0.6) is 5.75 Å². The van der Waals surface area contributed by atoms with Crippen LogP contribution < -0.4 is 10.1 Å². The Kier molecular flexibility index (Phi) is 4.38. The molecule has 0 amide bonds. The van der Waals surface area contributed by atoms with Gasteiger partial charge in [0.1, 0.15) is 17.1 Å². The fourth-order valence-corrected chi connectivity index (χ4v) is 2.60. The first kappa shape index (κ1) is 16.2. The van der Waals surface area contributed by atoms with Gasteiger partial charge in [0, 0.05) is 12.1 Å². The number of nitrogens with zero attached hydrogens (tertiary/aromatic N) is 1. The van der Waals surface area contributed by atoms with E-state index in [0.717, 1.165) is 23.4 Å². The van der Waals surface area contributed by atoms with Crippen LogP contribution in [-0.2, 0) is 0 Å². The van der Waals surface area contributed by atoms with E-state index in [1.165, 1.54) is 0 Å². The number of aromatic nitrogens is 1. The van der Waals surface area contributed by atoms with Crippen LogP contribution in [0.3, 0.4) is 0 Å². The molecule has 0 aliphatic heterocycles. The molecular formula is C18H18F2N2O2. The molecule has 0 fully saturated rings. The summed E-state index contributed by atoms with van der Waals surface area (Å²) in [5, 5.41) is 3.16. The molecule has 2 aromatic carbocycles. The molecule has 24 heavy (non-hydrogen) atoms. The highest BCUT2D eigenvalue weighted by molar-refractivity contribution is 5.75. The number of rotatable bonds is 5. The molecule has 0 saturated carbocycles. The molecule has 4 nitrogen and oxygen atoms in total. The van der Waals surface area contributed by atoms with E-state index < -0.39 is 11.6 Å². The van der Waals surface area contributed by atoms with Crippen LogP contribution in [0.25, 0.3) is 11.1 Å². The second kappa shape index (κ2) is 6.47. The number of hydrogen-bond acceptors (Lipinski definition) is 4. The Labute approximate surface area is 138 Å². The fourth-order valence-electron chi connectivity index (χ4n) is 2.60. The van der Waals surface area contributed by atoms with Gasteiger partial charge in [0.05, 0.1) is 13.2 Å². The van der Waals surface area contributed by atoms with Crippen LogP contribution in [0.15, 0.2) is 40.8 Å². The molecule has 0 aliphatic carbocycles. The summed E-state index contributed by atoms with van der Waals surface area (Å²) in [5.74, 6) is -0.470. The zero-order chi connectivity index (χ0) is 17.3. The summed E-state index contributed by atoms with van der Waals surface area (Å²) in [6, 6.07) is 9.60. The number of hydrogen-bond donors (Lipinski definition) is 1. The van der Waals surface area contributed by atoms with E-state index in [2.05, 4.69) is 10.3 Å². The third-order valence-corrected chi connectivity index (χ3v) is 3.83. The second-order valence-electron chi connectivity index (χ2n) is 5.89. The summed E-state index contributed by atoms with van der Waals surface area (Å²) in [6.45, 7) is 4.09. The Balaban J connectivity index is 1.91. The van der Waals surface area contributed by atoms with Crippen LogP contribution in [0.2, 0.25) is 0 Å². The van der Waals surface area contributed by atoms with Crippen molar-refractivity contribution in [3.8, 4) is 5.75 Å². The molecule has 0 saturated heterocycles. The van der Waals surface area contributed by atoms with E-state index in [1.54, 1.807) is 7.11 Å². The molecule has 3 aromatic rings. The predicted octanol–water partition coefficient (Wildman–Crippen LogP) is 4.92. The van der Waals surface area contributed by atoms with Crippen molar-refractivity contribution in [3.05, 3.63) is 53.6 Å². The monoisotopic (exact) mass is 332 g/mol. The third kappa shape index (κ3) is 3.18. The highest BCUT2D eigenvalue weighted by Gasteiger charge is 2.20. The molecular weight excluding hydrogens is 314 g/mol. The molecule has 6 heteroatoms. The number of fused-ring (bicyclic) bond motifs is 1. The molecule has 1 heterocycles. The van der Waals surface area contributed by atoms with Crippen LogP contribution in [0.1, 0.15) is 25.5 Å². The summed E-state index contributed by atoms with van der Waals surface area (Å²) >= 11 is 0. The largest absolute Gasteiger partial charge is 0.497 e. The minimum absolute atomic E-state index is 0.0591. The highest BCUT2D eigenvalue weighted by Crippen LogP contribution is 2.30. The molecule has 0 aliphatic rings. The normalized spacial score (nSPS) is 12.6. The summed E-state index contributed by atoms with van der Waals surface area (Å²) in [6.07, 6.45) is 0. The van der Waals surface area contributed by atoms with E-state index in [0.29, 0.717) is 0 Å². The minimum Gasteiger partial charge on any atom is -0.497 e. The van der Waals surface area contributed by atoms with Crippen LogP contribution in [-0.4, -0.2) is 12.1 Å². The zero-order valence-corrected chi connectivity index (χ0v) is 13.6. The number of anilines is 1. The first-order chi connectivity index (χ1) is 11.5. The maximum atomic E-state index is 13.7. The fraction of sp³-hybridized carbons (Fsp3) is 0.278. The maximum Gasteiger partial charge on any atom is 0.296 e. The van der Waals surface area contributed by atoms with Gasteiger partial charge in [-0.05, 0) is 23.6 Å². The summed E-state index contributed by atoms with van der Waals surface area (Å²) in [5.41, 5.74) is 1.10. The van der Waals surface area contributed by atoms with Crippen molar-refractivity contribution in [2.75, 3.05) is 12.4 Å². The van der Waals surface area contributed by atoms with Crippen molar-refractivity contribution in [1.29, 1.82) is 0 Å². The number of methoxy groups -OCH3 is 1. The number of ether oxygens (including phenoxy) is 1. The maximum absolute atomic E-state index is 13.7. The quantitative estimate of drug-likeness (QED) is 0.720. The second-order valence-corrected chi connectivity index (χ2v) is 5.89. The first-order valence-electron chi connectivity index (χ1n) is 7.64. The van der Waals surface area contributed by atoms with Crippen molar-refractivity contribution in [1.82, 2.24) is 4.98 Å². The Morgan fingerprint density at radius 1 is 1.12 bits per heavy atom. The standard InChI is InChI=1S/C18H18F2N2O2/c1-10(2)16(11-4-6-13(23-3)7-5-11)22-18-21-15-9-12(19)8-14(20)17(15)24-18/h4-10,16H,1-3H3,(H,21,22). The van der Waals surface area contributed by atoms with E-state index in [4.69, 9.17) is 9.15 Å². The highest BCUT2D eigenvalue weighted by atomic mass is 19.1. The van der Waals surface area contributed by atoms with Gasteiger partial charge >= 0.3 is 0 Å². The first-order valence-corrected chi connectivity index (χ1v) is 7.64. The average molecular weight is 332 g/mol. The lowest BCUT2D eigenvalue weighted by atomic mass is 9.96. The SMILES string of the molecule is COc1ccc(C(Nc2nc3cc(F)cc(F)c3o2)C(C)C)cc1. The summed E-state index contributed by atoms with van der Waals surface area (Å²) in [7, 11) is 1.61. The Morgan fingerprint density at radius 3 is 2.46 bits per heavy atom. The Bertz CT molecular complexity index is 844. The van der Waals surface area contributed by atoms with Gasteiger partial charge in [0.25, 0.3) is 6.01 Å². The number of oxazole rings is 1. The molecule has 1 aromatic heterocycles. The zero-order valence-electron chi connectivity index (χ0n) is 13.6. The number of benzene rings is 2. The van der Waals surface area contributed by atoms with E-state index in [9.17, 15) is 8.78 Å². The smallest absolute Gasteiger partial charge is 0.296 e. The van der Waals surface area contributed by atoms with Crippen molar-refractivity contribution in [3.63, 3.8) is 0 Å². The van der Waals surface area contributed by atoms with Crippen molar-refractivity contribution >= 4 is 17.1 Å². The van der Waals surface area contributed by atoms with Gasteiger partial charge in [-0.25, -0.2) is 8.78 Å². The van der Waals surface area contributed by atoms with Gasteiger partial charge in [-0.2, -0.15) is 4.98 Å². The topological polar surface area (TPSA) is 47.3 Å². The minimum atomic E-state index is -0.768. The molecule has 1 atom stereocenters. The summed E-state index contributed by atoms with van der Waals surface area (Å²) in [4.78, 5) is 4.13. The molecule has 0 spiro atoms. The van der Waals surface area contributed by atoms with Gasteiger partial charge < -0.3 is 14.5 Å². The molecule has 0 bridgehead atoms. The van der Waals surface area contributed by atoms with Crippen LogP contribution in [0.4, 0.5) is 14.8 Å². The van der Waals surface area contributed by atoms with Gasteiger partial charge in [0.15, 0.2) is 11.4 Å². The molecule has 0 radical (unpaired) electrons. The van der Waals surface area contributed by atoms with Gasteiger partial charge in [0.2, 0.25) is 0 Å². The van der Waals surface area contributed by atoms with Gasteiger partial charge in [-0.15, -0.1) is 0 Å². The Morgan fingerprint density at radius 2 is 1.83 bits per heavy atom.